The van der Waals surface area contributed by atoms with Crippen LogP contribution in [0.3, 0.4) is 0 Å². The zero-order chi connectivity index (χ0) is 16.9. The Labute approximate surface area is 141 Å². The van der Waals surface area contributed by atoms with Crippen LogP contribution in [0.25, 0.3) is 0 Å². The van der Waals surface area contributed by atoms with Gasteiger partial charge in [0.25, 0.3) is 5.91 Å². The van der Waals surface area contributed by atoms with Gasteiger partial charge in [-0.1, -0.05) is 6.07 Å². The summed E-state index contributed by atoms with van der Waals surface area (Å²) in [4.78, 5) is 18.8. The molecule has 1 saturated heterocycles. The van der Waals surface area contributed by atoms with E-state index in [1.54, 1.807) is 44.8 Å². The number of rotatable bonds is 5. The number of hydrogen-bond donors (Lipinski definition) is 1. The Kier molecular flexibility index (Phi) is 4.84. The lowest BCUT2D eigenvalue weighted by Gasteiger charge is -2.19. The van der Waals surface area contributed by atoms with Gasteiger partial charge >= 0.3 is 0 Å². The molecule has 1 unspecified atom stereocenters. The molecule has 1 aliphatic heterocycles. The van der Waals surface area contributed by atoms with Crippen molar-refractivity contribution in [1.29, 1.82) is 0 Å². The molecule has 1 N–H and O–H groups in total. The maximum Gasteiger partial charge on any atom is 0.257 e. The molecule has 0 spiro atoms. The largest absolute Gasteiger partial charge is 0.493 e. The molecule has 126 valence electrons. The van der Waals surface area contributed by atoms with Crippen LogP contribution in [0.1, 0.15) is 16.8 Å². The van der Waals surface area contributed by atoms with Crippen molar-refractivity contribution in [2.24, 2.45) is 0 Å². The first kappa shape index (κ1) is 16.1. The summed E-state index contributed by atoms with van der Waals surface area (Å²) in [6.07, 6.45) is 4.42. The highest BCUT2D eigenvalue weighted by Crippen LogP contribution is 2.32. The number of anilines is 1. The number of methoxy groups -OCH3 is 2. The van der Waals surface area contributed by atoms with Crippen LogP contribution in [-0.2, 0) is 0 Å². The number of para-hydroxylation sites is 1. The molecule has 1 atom stereocenters. The summed E-state index contributed by atoms with van der Waals surface area (Å²) >= 11 is 0. The van der Waals surface area contributed by atoms with Crippen LogP contribution in [0.5, 0.6) is 11.5 Å². The summed E-state index contributed by atoms with van der Waals surface area (Å²) < 4.78 is 10.6. The number of pyridine rings is 1. The van der Waals surface area contributed by atoms with Crippen LogP contribution in [0.2, 0.25) is 0 Å². The molecule has 6 heteroatoms. The van der Waals surface area contributed by atoms with Gasteiger partial charge in [0.05, 0.1) is 25.5 Å². The third-order valence-electron chi connectivity index (χ3n) is 4.14. The summed E-state index contributed by atoms with van der Waals surface area (Å²) in [5.41, 5.74) is 1.50. The second kappa shape index (κ2) is 7.21. The van der Waals surface area contributed by atoms with Crippen molar-refractivity contribution in [3.05, 3.63) is 48.3 Å². The highest BCUT2D eigenvalue weighted by Gasteiger charge is 2.29. The minimum absolute atomic E-state index is 0.0405. The smallest absolute Gasteiger partial charge is 0.257 e. The third-order valence-corrected chi connectivity index (χ3v) is 4.14. The molecule has 2 heterocycles. The first-order valence-corrected chi connectivity index (χ1v) is 7.89. The maximum atomic E-state index is 12.8. The topological polar surface area (TPSA) is 63.7 Å². The highest BCUT2D eigenvalue weighted by atomic mass is 16.5. The standard InChI is InChI=1S/C18H21N3O3/c1-23-16-7-3-6-15(17(16)24-2)18(22)21-10-8-14(12-21)20-13-5-4-9-19-11-13/h3-7,9,11,14,20H,8,10,12H2,1-2H3. The molecule has 0 saturated carbocycles. The summed E-state index contributed by atoms with van der Waals surface area (Å²) in [6.45, 7) is 1.35. The maximum absolute atomic E-state index is 12.8. The van der Waals surface area contributed by atoms with E-state index in [0.29, 0.717) is 30.2 Å². The van der Waals surface area contributed by atoms with E-state index in [2.05, 4.69) is 10.3 Å². The molecule has 3 rings (SSSR count). The van der Waals surface area contributed by atoms with Gasteiger partial charge < -0.3 is 19.7 Å². The molecule has 6 nitrogen and oxygen atoms in total. The fourth-order valence-corrected chi connectivity index (χ4v) is 2.97. The Hall–Kier alpha value is -2.76. The summed E-state index contributed by atoms with van der Waals surface area (Å²) in [5, 5.41) is 3.42. The lowest BCUT2D eigenvalue weighted by Crippen LogP contribution is -2.31. The Morgan fingerprint density at radius 2 is 2.12 bits per heavy atom. The number of carbonyl (C=O) groups is 1. The lowest BCUT2D eigenvalue weighted by atomic mass is 10.1. The normalized spacial score (nSPS) is 16.8. The summed E-state index contributed by atoms with van der Waals surface area (Å²) in [7, 11) is 3.11. The minimum Gasteiger partial charge on any atom is -0.493 e. The van der Waals surface area contributed by atoms with Crippen molar-refractivity contribution in [3.8, 4) is 11.5 Å². The quantitative estimate of drug-likeness (QED) is 0.914. The molecule has 1 fully saturated rings. The van der Waals surface area contributed by atoms with E-state index in [0.717, 1.165) is 12.1 Å². The molecule has 0 bridgehead atoms. The second-order valence-electron chi connectivity index (χ2n) is 5.66. The van der Waals surface area contributed by atoms with E-state index in [-0.39, 0.29) is 11.9 Å². The molecular weight excluding hydrogens is 306 g/mol. The number of nitrogens with one attached hydrogen (secondary N) is 1. The number of ether oxygens (including phenoxy) is 2. The van der Waals surface area contributed by atoms with Crippen LogP contribution in [-0.4, -0.2) is 49.1 Å². The first-order valence-electron chi connectivity index (χ1n) is 7.89. The van der Waals surface area contributed by atoms with E-state index in [9.17, 15) is 4.79 Å². The van der Waals surface area contributed by atoms with E-state index < -0.39 is 0 Å². The lowest BCUT2D eigenvalue weighted by molar-refractivity contribution is 0.0787. The van der Waals surface area contributed by atoms with E-state index >= 15 is 0 Å². The molecule has 1 aliphatic rings. The number of carbonyl (C=O) groups excluding carboxylic acids is 1. The minimum atomic E-state index is -0.0405. The average molecular weight is 327 g/mol. The van der Waals surface area contributed by atoms with E-state index in [1.165, 1.54) is 0 Å². The SMILES string of the molecule is COc1cccc(C(=O)N2CCC(Nc3cccnc3)C2)c1OC. The Morgan fingerprint density at radius 3 is 2.83 bits per heavy atom. The number of hydrogen-bond acceptors (Lipinski definition) is 5. The molecule has 0 aliphatic carbocycles. The van der Waals surface area contributed by atoms with Gasteiger partial charge in [-0.2, -0.15) is 0 Å². The van der Waals surface area contributed by atoms with Gasteiger partial charge in [-0.15, -0.1) is 0 Å². The molecule has 0 radical (unpaired) electrons. The number of benzene rings is 1. The monoisotopic (exact) mass is 327 g/mol. The van der Waals surface area contributed by atoms with Gasteiger partial charge in [-0.05, 0) is 30.7 Å². The van der Waals surface area contributed by atoms with Gasteiger partial charge in [0.2, 0.25) is 0 Å². The fourth-order valence-electron chi connectivity index (χ4n) is 2.97. The van der Waals surface area contributed by atoms with Crippen molar-refractivity contribution >= 4 is 11.6 Å². The summed E-state index contributed by atoms with van der Waals surface area (Å²) in [6, 6.07) is 9.44. The number of likely N-dealkylation sites (tertiary alicyclic amines) is 1. The van der Waals surface area contributed by atoms with Crippen LogP contribution in [0, 0.1) is 0 Å². The number of amides is 1. The number of aromatic nitrogens is 1. The van der Waals surface area contributed by atoms with Gasteiger partial charge in [0, 0.05) is 31.5 Å². The van der Waals surface area contributed by atoms with Gasteiger partial charge in [0.1, 0.15) is 0 Å². The predicted octanol–water partition coefficient (Wildman–Crippen LogP) is 2.43. The van der Waals surface area contributed by atoms with Crippen molar-refractivity contribution in [2.45, 2.75) is 12.5 Å². The average Bonchev–Trinajstić information content (AvgIpc) is 3.09. The highest BCUT2D eigenvalue weighted by molar-refractivity contribution is 5.98. The van der Waals surface area contributed by atoms with Crippen LogP contribution in [0.4, 0.5) is 5.69 Å². The molecule has 1 aromatic heterocycles. The molecule has 24 heavy (non-hydrogen) atoms. The summed E-state index contributed by atoms with van der Waals surface area (Å²) in [5.74, 6) is 1.00. The predicted molar refractivity (Wildman–Crippen MR) is 91.7 cm³/mol. The molecular formula is C18H21N3O3. The third kappa shape index (κ3) is 3.27. The van der Waals surface area contributed by atoms with E-state index in [4.69, 9.17) is 9.47 Å². The van der Waals surface area contributed by atoms with Gasteiger partial charge in [0.15, 0.2) is 11.5 Å². The first-order chi connectivity index (χ1) is 11.7. The fraction of sp³-hybridized carbons (Fsp3) is 0.333. The molecule has 2 aromatic rings. The van der Waals surface area contributed by atoms with Crippen molar-refractivity contribution in [1.82, 2.24) is 9.88 Å². The molecule has 1 amide bonds. The zero-order valence-corrected chi connectivity index (χ0v) is 13.9. The van der Waals surface area contributed by atoms with Crippen molar-refractivity contribution in [3.63, 3.8) is 0 Å². The van der Waals surface area contributed by atoms with Gasteiger partial charge in [-0.3, -0.25) is 9.78 Å². The number of nitrogens with zero attached hydrogens (tertiary/aromatic N) is 2. The Bertz CT molecular complexity index is 706. The van der Waals surface area contributed by atoms with Gasteiger partial charge in [-0.25, -0.2) is 0 Å². The van der Waals surface area contributed by atoms with Crippen LogP contribution >= 0.6 is 0 Å². The van der Waals surface area contributed by atoms with Crippen LogP contribution < -0.4 is 14.8 Å². The van der Waals surface area contributed by atoms with Crippen molar-refractivity contribution in [2.75, 3.05) is 32.6 Å². The second-order valence-corrected chi connectivity index (χ2v) is 5.66. The van der Waals surface area contributed by atoms with E-state index in [1.807, 2.05) is 17.0 Å². The Balaban J connectivity index is 1.71. The van der Waals surface area contributed by atoms with Crippen LogP contribution in [0.15, 0.2) is 42.7 Å². The molecule has 1 aromatic carbocycles. The zero-order valence-electron chi connectivity index (χ0n) is 13.9. The van der Waals surface area contributed by atoms with Crippen molar-refractivity contribution < 1.29 is 14.3 Å². The Morgan fingerprint density at radius 1 is 1.25 bits per heavy atom.